The van der Waals surface area contributed by atoms with Crippen molar-refractivity contribution in [1.29, 1.82) is 0 Å². The minimum absolute atomic E-state index is 0.0288. The fourth-order valence-corrected chi connectivity index (χ4v) is 1.59. The predicted molar refractivity (Wildman–Crippen MR) is 45.5 cm³/mol. The van der Waals surface area contributed by atoms with Crippen LogP contribution in [0.4, 0.5) is 4.39 Å². The van der Waals surface area contributed by atoms with Crippen molar-refractivity contribution in [1.82, 2.24) is 4.41 Å². The maximum absolute atomic E-state index is 12.4. The van der Waals surface area contributed by atoms with Crippen molar-refractivity contribution < 1.29 is 12.8 Å². The number of halogens is 1. The quantitative estimate of drug-likeness (QED) is 0.557. The number of hydrogen-bond donors (Lipinski definition) is 1. The SMILES string of the molecule is CN(N)S(=O)(=O)c1ccc(F)cc1. The van der Waals surface area contributed by atoms with Gasteiger partial charge < -0.3 is 0 Å². The molecule has 1 aromatic rings. The van der Waals surface area contributed by atoms with Crippen molar-refractivity contribution >= 4 is 10.0 Å². The van der Waals surface area contributed by atoms with Gasteiger partial charge in [-0.05, 0) is 24.3 Å². The fraction of sp³-hybridized carbons (Fsp3) is 0.143. The second-order valence-corrected chi connectivity index (χ2v) is 4.47. The first-order chi connectivity index (χ1) is 5.94. The number of hydrogen-bond acceptors (Lipinski definition) is 3. The summed E-state index contributed by atoms with van der Waals surface area (Å²) >= 11 is 0. The summed E-state index contributed by atoms with van der Waals surface area (Å²) in [4.78, 5) is -0.0288. The molecule has 0 fully saturated rings. The zero-order valence-corrected chi connectivity index (χ0v) is 7.75. The highest BCUT2D eigenvalue weighted by Crippen LogP contribution is 2.11. The third kappa shape index (κ3) is 2.03. The van der Waals surface area contributed by atoms with Gasteiger partial charge in [0, 0.05) is 7.05 Å². The van der Waals surface area contributed by atoms with Crippen molar-refractivity contribution in [3.05, 3.63) is 30.1 Å². The van der Waals surface area contributed by atoms with Gasteiger partial charge in [0.05, 0.1) is 4.90 Å². The number of benzene rings is 1. The molecule has 0 atom stereocenters. The molecule has 0 aliphatic carbocycles. The van der Waals surface area contributed by atoms with Gasteiger partial charge in [0.1, 0.15) is 5.82 Å². The van der Waals surface area contributed by atoms with E-state index in [1.54, 1.807) is 0 Å². The molecule has 0 unspecified atom stereocenters. The average molecular weight is 204 g/mol. The average Bonchev–Trinajstić information content (AvgIpc) is 2.04. The molecule has 0 spiro atoms. The third-order valence-corrected chi connectivity index (χ3v) is 3.12. The molecular formula is C7H9FN2O2S. The molecule has 0 heterocycles. The molecule has 1 aromatic carbocycles. The lowest BCUT2D eigenvalue weighted by molar-refractivity contribution is 0.486. The third-order valence-electron chi connectivity index (χ3n) is 1.49. The van der Waals surface area contributed by atoms with Crippen LogP contribution in [0.15, 0.2) is 29.2 Å². The van der Waals surface area contributed by atoms with E-state index in [2.05, 4.69) is 0 Å². The molecule has 6 heteroatoms. The molecular weight excluding hydrogens is 195 g/mol. The van der Waals surface area contributed by atoms with Gasteiger partial charge in [-0.15, -0.1) is 4.41 Å². The van der Waals surface area contributed by atoms with Crippen LogP contribution in [-0.2, 0) is 10.0 Å². The van der Waals surface area contributed by atoms with Crippen LogP contribution in [0.25, 0.3) is 0 Å². The summed E-state index contributed by atoms with van der Waals surface area (Å²) in [6, 6.07) is 4.45. The number of sulfonamides is 1. The standard InChI is InChI=1S/C7H9FN2O2S/c1-10(9)13(11,12)7-4-2-6(8)3-5-7/h2-5H,9H2,1H3. The van der Waals surface area contributed by atoms with E-state index in [0.717, 1.165) is 24.3 Å². The molecule has 0 radical (unpaired) electrons. The van der Waals surface area contributed by atoms with Crippen molar-refractivity contribution in [2.24, 2.45) is 5.84 Å². The van der Waals surface area contributed by atoms with Gasteiger partial charge in [-0.1, -0.05) is 0 Å². The predicted octanol–water partition coefficient (Wildman–Crippen LogP) is 0.320. The zero-order chi connectivity index (χ0) is 10.1. The molecule has 0 aliphatic heterocycles. The number of rotatable bonds is 2. The Morgan fingerprint density at radius 3 is 2.15 bits per heavy atom. The highest BCUT2D eigenvalue weighted by molar-refractivity contribution is 7.89. The Kier molecular flexibility index (Phi) is 2.65. The Morgan fingerprint density at radius 1 is 1.31 bits per heavy atom. The number of nitrogens with zero attached hydrogens (tertiary/aromatic N) is 1. The van der Waals surface area contributed by atoms with E-state index >= 15 is 0 Å². The summed E-state index contributed by atoms with van der Waals surface area (Å²) in [6.07, 6.45) is 0. The fourth-order valence-electron chi connectivity index (χ4n) is 0.773. The maximum Gasteiger partial charge on any atom is 0.255 e. The molecule has 0 saturated heterocycles. The molecule has 72 valence electrons. The largest absolute Gasteiger partial charge is 0.255 e. The summed E-state index contributed by atoms with van der Waals surface area (Å²) in [7, 11) is -2.44. The van der Waals surface area contributed by atoms with Gasteiger partial charge in [-0.2, -0.15) is 0 Å². The van der Waals surface area contributed by atoms with Crippen LogP contribution in [-0.4, -0.2) is 19.9 Å². The van der Waals surface area contributed by atoms with Crippen molar-refractivity contribution in [3.63, 3.8) is 0 Å². The molecule has 0 aliphatic rings. The summed E-state index contributed by atoms with van der Waals surface area (Å²) in [5.41, 5.74) is 0. The van der Waals surface area contributed by atoms with Crippen LogP contribution in [0.1, 0.15) is 0 Å². The van der Waals surface area contributed by atoms with Gasteiger partial charge in [-0.3, -0.25) is 5.84 Å². The van der Waals surface area contributed by atoms with E-state index in [0.29, 0.717) is 4.41 Å². The van der Waals surface area contributed by atoms with Crippen LogP contribution in [0.5, 0.6) is 0 Å². The van der Waals surface area contributed by atoms with E-state index in [4.69, 9.17) is 5.84 Å². The van der Waals surface area contributed by atoms with Gasteiger partial charge in [-0.25, -0.2) is 12.8 Å². The monoisotopic (exact) mass is 204 g/mol. The lowest BCUT2D eigenvalue weighted by atomic mass is 10.4. The van der Waals surface area contributed by atoms with Crippen LogP contribution >= 0.6 is 0 Å². The van der Waals surface area contributed by atoms with Crippen LogP contribution < -0.4 is 5.84 Å². The lowest BCUT2D eigenvalue weighted by Gasteiger charge is -2.10. The Morgan fingerprint density at radius 2 is 1.77 bits per heavy atom. The normalized spacial score (nSPS) is 12.0. The Bertz CT molecular complexity index is 385. The molecule has 4 nitrogen and oxygen atoms in total. The van der Waals surface area contributed by atoms with Gasteiger partial charge in [0.25, 0.3) is 10.0 Å². The van der Waals surface area contributed by atoms with Crippen LogP contribution in [0, 0.1) is 5.82 Å². The maximum atomic E-state index is 12.4. The van der Waals surface area contributed by atoms with Gasteiger partial charge in [0.2, 0.25) is 0 Å². The van der Waals surface area contributed by atoms with Crippen LogP contribution in [0.2, 0.25) is 0 Å². The lowest BCUT2D eigenvalue weighted by Crippen LogP contribution is -2.33. The molecule has 1 rings (SSSR count). The molecule has 0 saturated carbocycles. The number of nitrogens with two attached hydrogens (primary N) is 1. The molecule has 0 bridgehead atoms. The van der Waals surface area contributed by atoms with E-state index in [1.165, 1.54) is 7.05 Å². The first-order valence-corrected chi connectivity index (χ1v) is 4.88. The van der Waals surface area contributed by atoms with Gasteiger partial charge >= 0.3 is 0 Å². The van der Waals surface area contributed by atoms with E-state index < -0.39 is 15.8 Å². The highest BCUT2D eigenvalue weighted by atomic mass is 32.2. The van der Waals surface area contributed by atoms with Gasteiger partial charge in [0.15, 0.2) is 0 Å². The smallest absolute Gasteiger partial charge is 0.255 e. The van der Waals surface area contributed by atoms with Crippen molar-refractivity contribution in [2.75, 3.05) is 7.05 Å². The Balaban J connectivity index is 3.17. The zero-order valence-electron chi connectivity index (χ0n) is 6.94. The summed E-state index contributed by atoms with van der Waals surface area (Å²) in [5.74, 6) is 4.60. The molecule has 0 aromatic heterocycles. The van der Waals surface area contributed by atoms with Crippen molar-refractivity contribution in [3.8, 4) is 0 Å². The Labute approximate surface area is 75.8 Å². The topological polar surface area (TPSA) is 63.4 Å². The molecule has 2 N–H and O–H groups in total. The Hall–Kier alpha value is -0.980. The first kappa shape index (κ1) is 10.1. The second-order valence-electron chi connectivity index (χ2n) is 2.48. The summed E-state index contributed by atoms with van der Waals surface area (Å²) < 4.78 is 35.7. The summed E-state index contributed by atoms with van der Waals surface area (Å²) in [5, 5.41) is 0. The second kappa shape index (κ2) is 3.41. The number of hydrazine groups is 1. The van der Waals surface area contributed by atoms with E-state index in [9.17, 15) is 12.8 Å². The van der Waals surface area contributed by atoms with Crippen LogP contribution in [0.3, 0.4) is 0 Å². The van der Waals surface area contributed by atoms with E-state index in [1.807, 2.05) is 0 Å². The molecule has 13 heavy (non-hydrogen) atoms. The summed E-state index contributed by atoms with van der Waals surface area (Å²) in [6.45, 7) is 0. The highest BCUT2D eigenvalue weighted by Gasteiger charge is 2.16. The van der Waals surface area contributed by atoms with E-state index in [-0.39, 0.29) is 4.90 Å². The molecule has 0 amide bonds. The minimum Gasteiger partial charge on any atom is -0.255 e. The first-order valence-electron chi connectivity index (χ1n) is 3.44. The minimum atomic E-state index is -3.65. The van der Waals surface area contributed by atoms with Crippen molar-refractivity contribution in [2.45, 2.75) is 4.90 Å².